The largest absolute Gasteiger partial charge is 0.271 e. The molecule has 2 rings (SSSR count). The van der Waals surface area contributed by atoms with Crippen LogP contribution in [0.3, 0.4) is 0 Å². The van der Waals surface area contributed by atoms with Crippen LogP contribution in [0.5, 0.6) is 0 Å². The van der Waals surface area contributed by atoms with Crippen molar-refractivity contribution in [3.8, 4) is 0 Å². The van der Waals surface area contributed by atoms with Crippen molar-refractivity contribution in [2.75, 3.05) is 0 Å². The third-order valence-corrected chi connectivity index (χ3v) is 3.82. The van der Waals surface area contributed by atoms with Crippen molar-refractivity contribution in [3.63, 3.8) is 0 Å². The van der Waals surface area contributed by atoms with Gasteiger partial charge in [0.1, 0.15) is 5.82 Å². The van der Waals surface area contributed by atoms with E-state index < -0.39 is 0 Å². The first-order chi connectivity index (χ1) is 9.08. The maximum Gasteiger partial charge on any atom is 0.124 e. The Balaban J connectivity index is 2.52. The standard InChI is InChI=1S/C12H13BrClFN4/c1-2-19-12(10(14)6-17-19)11(18-16)8-4-3-7(15)5-9(8)13/h3-6,11,18H,2,16H2,1H3. The maximum atomic E-state index is 13.2. The van der Waals surface area contributed by atoms with E-state index in [9.17, 15) is 4.39 Å². The van der Waals surface area contributed by atoms with Crippen LogP contribution in [0.2, 0.25) is 5.02 Å². The van der Waals surface area contributed by atoms with Crippen LogP contribution in [0.15, 0.2) is 28.9 Å². The van der Waals surface area contributed by atoms with Crippen LogP contribution in [0.4, 0.5) is 4.39 Å². The summed E-state index contributed by atoms with van der Waals surface area (Å²) < 4.78 is 15.5. The van der Waals surface area contributed by atoms with E-state index in [0.29, 0.717) is 16.0 Å². The number of hydrogen-bond acceptors (Lipinski definition) is 3. The summed E-state index contributed by atoms with van der Waals surface area (Å²) in [5.41, 5.74) is 4.24. The number of hydrogen-bond donors (Lipinski definition) is 2. The van der Waals surface area contributed by atoms with E-state index in [1.54, 1.807) is 16.9 Å². The molecular formula is C12H13BrClFN4. The minimum absolute atomic E-state index is 0.318. The number of aromatic nitrogens is 2. The van der Waals surface area contributed by atoms with Crippen molar-refractivity contribution in [2.24, 2.45) is 5.84 Å². The molecular weight excluding hydrogens is 335 g/mol. The van der Waals surface area contributed by atoms with Gasteiger partial charge in [-0.05, 0) is 24.6 Å². The quantitative estimate of drug-likeness (QED) is 0.660. The van der Waals surface area contributed by atoms with Gasteiger partial charge in [-0.25, -0.2) is 9.82 Å². The minimum atomic E-state index is -0.370. The Bertz CT molecular complexity index is 587. The van der Waals surface area contributed by atoms with Gasteiger partial charge in [-0.3, -0.25) is 10.5 Å². The molecule has 0 aliphatic heterocycles. The summed E-state index contributed by atoms with van der Waals surface area (Å²) in [7, 11) is 0. The fourth-order valence-corrected chi connectivity index (χ4v) is 2.79. The molecule has 0 aliphatic carbocycles. The molecule has 0 amide bonds. The average molecular weight is 348 g/mol. The number of halogens is 3. The van der Waals surface area contributed by atoms with E-state index in [1.807, 2.05) is 6.92 Å². The number of nitrogens with one attached hydrogen (secondary N) is 1. The molecule has 102 valence electrons. The van der Waals surface area contributed by atoms with Gasteiger partial charge in [0.2, 0.25) is 0 Å². The van der Waals surface area contributed by atoms with Crippen molar-refractivity contribution >= 4 is 27.5 Å². The molecule has 0 saturated carbocycles. The molecule has 3 N–H and O–H groups in total. The normalized spacial score (nSPS) is 12.7. The summed E-state index contributed by atoms with van der Waals surface area (Å²) in [6.45, 7) is 2.62. The van der Waals surface area contributed by atoms with Crippen LogP contribution in [0, 0.1) is 5.82 Å². The van der Waals surface area contributed by atoms with Gasteiger partial charge in [0.25, 0.3) is 0 Å². The molecule has 1 heterocycles. The Morgan fingerprint density at radius 1 is 1.58 bits per heavy atom. The molecule has 0 spiro atoms. The maximum absolute atomic E-state index is 13.2. The molecule has 0 bridgehead atoms. The van der Waals surface area contributed by atoms with E-state index in [2.05, 4.69) is 26.5 Å². The molecule has 1 unspecified atom stereocenters. The van der Waals surface area contributed by atoms with Gasteiger partial charge in [0.05, 0.1) is 23.0 Å². The third kappa shape index (κ3) is 2.81. The lowest BCUT2D eigenvalue weighted by Crippen LogP contribution is -2.31. The van der Waals surface area contributed by atoms with Crippen molar-refractivity contribution in [2.45, 2.75) is 19.5 Å². The van der Waals surface area contributed by atoms with Crippen LogP contribution in [-0.2, 0) is 6.54 Å². The van der Waals surface area contributed by atoms with E-state index in [4.69, 9.17) is 17.4 Å². The third-order valence-electron chi connectivity index (χ3n) is 2.85. The van der Waals surface area contributed by atoms with Gasteiger partial charge >= 0.3 is 0 Å². The number of rotatable bonds is 4. The van der Waals surface area contributed by atoms with E-state index >= 15 is 0 Å². The van der Waals surface area contributed by atoms with Crippen molar-refractivity contribution in [1.29, 1.82) is 0 Å². The van der Waals surface area contributed by atoms with Gasteiger partial charge < -0.3 is 0 Å². The van der Waals surface area contributed by atoms with Gasteiger partial charge in [0.15, 0.2) is 0 Å². The number of benzene rings is 1. The fourth-order valence-electron chi connectivity index (χ4n) is 1.96. The van der Waals surface area contributed by atoms with Crippen LogP contribution in [-0.4, -0.2) is 9.78 Å². The Labute approximate surface area is 123 Å². The van der Waals surface area contributed by atoms with Crippen LogP contribution in [0.1, 0.15) is 24.2 Å². The summed E-state index contributed by atoms with van der Waals surface area (Å²) >= 11 is 9.50. The second-order valence-corrected chi connectivity index (χ2v) is 5.22. The van der Waals surface area contributed by atoms with E-state index in [0.717, 1.165) is 11.3 Å². The van der Waals surface area contributed by atoms with Crippen LogP contribution < -0.4 is 11.3 Å². The molecule has 0 saturated heterocycles. The monoisotopic (exact) mass is 346 g/mol. The molecule has 4 nitrogen and oxygen atoms in total. The first kappa shape index (κ1) is 14.5. The lowest BCUT2D eigenvalue weighted by Gasteiger charge is -2.19. The summed E-state index contributed by atoms with van der Waals surface area (Å²) in [6.07, 6.45) is 1.57. The fraction of sp³-hybridized carbons (Fsp3) is 0.250. The highest BCUT2D eigenvalue weighted by Crippen LogP contribution is 2.32. The zero-order valence-corrected chi connectivity index (χ0v) is 12.5. The van der Waals surface area contributed by atoms with Gasteiger partial charge in [-0.2, -0.15) is 5.10 Å². The minimum Gasteiger partial charge on any atom is -0.271 e. The summed E-state index contributed by atoms with van der Waals surface area (Å²) in [5, 5.41) is 4.69. The SMILES string of the molecule is CCn1ncc(Cl)c1C(NN)c1ccc(F)cc1Br. The number of aryl methyl sites for hydroxylation is 1. The molecule has 0 aliphatic rings. The van der Waals surface area contributed by atoms with Crippen molar-refractivity contribution in [3.05, 3.63) is 51.0 Å². The van der Waals surface area contributed by atoms with E-state index in [-0.39, 0.29) is 11.9 Å². The average Bonchev–Trinajstić information content (AvgIpc) is 2.74. The van der Waals surface area contributed by atoms with Gasteiger partial charge in [-0.15, -0.1) is 0 Å². The highest BCUT2D eigenvalue weighted by atomic mass is 79.9. The lowest BCUT2D eigenvalue weighted by molar-refractivity contribution is 0.541. The van der Waals surface area contributed by atoms with Gasteiger partial charge in [0, 0.05) is 11.0 Å². The van der Waals surface area contributed by atoms with Crippen LogP contribution in [0.25, 0.3) is 0 Å². The van der Waals surface area contributed by atoms with Crippen molar-refractivity contribution < 1.29 is 4.39 Å². The predicted octanol–water partition coefficient (Wildman–Crippen LogP) is 3.01. The predicted molar refractivity (Wildman–Crippen MR) is 76.2 cm³/mol. The van der Waals surface area contributed by atoms with E-state index in [1.165, 1.54) is 12.1 Å². The Hall–Kier alpha value is -0.950. The molecule has 7 heteroatoms. The molecule has 1 aromatic carbocycles. The summed E-state index contributed by atoms with van der Waals surface area (Å²) in [5.74, 6) is 5.31. The second kappa shape index (κ2) is 6.00. The second-order valence-electron chi connectivity index (χ2n) is 3.96. The Morgan fingerprint density at radius 3 is 2.89 bits per heavy atom. The number of nitrogens with two attached hydrogens (primary N) is 1. The smallest absolute Gasteiger partial charge is 0.124 e. The molecule has 19 heavy (non-hydrogen) atoms. The first-order valence-electron chi connectivity index (χ1n) is 5.70. The zero-order valence-electron chi connectivity index (χ0n) is 10.2. The molecule has 1 atom stereocenters. The summed E-state index contributed by atoms with van der Waals surface area (Å²) in [4.78, 5) is 0. The molecule has 0 fully saturated rings. The topological polar surface area (TPSA) is 55.9 Å². The van der Waals surface area contributed by atoms with Crippen LogP contribution >= 0.6 is 27.5 Å². The lowest BCUT2D eigenvalue weighted by atomic mass is 10.0. The number of hydrazine groups is 1. The molecule has 1 aromatic heterocycles. The van der Waals surface area contributed by atoms with Gasteiger partial charge in [-0.1, -0.05) is 33.6 Å². The highest BCUT2D eigenvalue weighted by Gasteiger charge is 2.22. The molecule has 0 radical (unpaired) electrons. The number of nitrogens with zero attached hydrogens (tertiary/aromatic N) is 2. The molecule has 2 aromatic rings. The highest BCUT2D eigenvalue weighted by molar-refractivity contribution is 9.10. The summed E-state index contributed by atoms with van der Waals surface area (Å²) in [6, 6.07) is 4.06. The first-order valence-corrected chi connectivity index (χ1v) is 6.87. The zero-order chi connectivity index (χ0) is 14.0. The van der Waals surface area contributed by atoms with Crippen molar-refractivity contribution in [1.82, 2.24) is 15.2 Å². The Morgan fingerprint density at radius 2 is 2.32 bits per heavy atom. The Kier molecular flexibility index (Phi) is 4.57.